The summed E-state index contributed by atoms with van der Waals surface area (Å²) < 4.78 is 152. The quantitative estimate of drug-likeness (QED) is 0.166. The van der Waals surface area contributed by atoms with Crippen LogP contribution in [0.2, 0.25) is 0 Å². The van der Waals surface area contributed by atoms with Gasteiger partial charge in [-0.2, -0.15) is 43.9 Å². The highest BCUT2D eigenvalue weighted by Gasteiger charge is 2.99. The third-order valence-electron chi connectivity index (χ3n) is 9.37. The predicted molar refractivity (Wildman–Crippen MR) is 136 cm³/mol. The molecule has 6 rings (SSSR count). The number of benzene rings is 1. The molecule has 2 aliphatic rings. The van der Waals surface area contributed by atoms with Crippen molar-refractivity contribution in [3.8, 4) is 11.3 Å². The van der Waals surface area contributed by atoms with Gasteiger partial charge in [0.15, 0.2) is 11.8 Å². The highest BCUT2D eigenvalue weighted by molar-refractivity contribution is 6.08. The molecule has 4 aromatic rings. The van der Waals surface area contributed by atoms with Crippen LogP contribution in [0.1, 0.15) is 48.4 Å². The van der Waals surface area contributed by atoms with Crippen LogP contribution in [0.15, 0.2) is 47.0 Å². The second-order valence-corrected chi connectivity index (χ2v) is 11.7. The van der Waals surface area contributed by atoms with Gasteiger partial charge in [0.05, 0.1) is 5.56 Å². The third-order valence-corrected chi connectivity index (χ3v) is 9.37. The Balaban J connectivity index is 1.40. The summed E-state index contributed by atoms with van der Waals surface area (Å²) in [5.74, 6) is -33.3. The van der Waals surface area contributed by atoms with E-state index >= 15 is 0 Å². The van der Waals surface area contributed by atoms with Gasteiger partial charge < -0.3 is 4.42 Å². The number of furan rings is 1. The lowest BCUT2D eigenvalue weighted by molar-refractivity contribution is -0.660. The van der Waals surface area contributed by atoms with Gasteiger partial charge in [-0.05, 0) is 68.7 Å². The zero-order valence-corrected chi connectivity index (χ0v) is 23.0. The van der Waals surface area contributed by atoms with Crippen LogP contribution >= 0.6 is 0 Å². The van der Waals surface area contributed by atoms with Crippen molar-refractivity contribution in [2.45, 2.75) is 75.1 Å². The number of pyridine rings is 2. The van der Waals surface area contributed by atoms with E-state index in [1.807, 2.05) is 38.1 Å². The lowest BCUT2D eigenvalue weighted by atomic mass is 9.55. The molecule has 1 aromatic carbocycles. The standard InChI is InChI=1S/C30H25F10N2O/c1-15-4-6-19-20-7-5-16(2)41-24(20)43-23(19)22(15)21-14-18(10-13-42(21)3)17-8-11-25(12-9-17)26(31,32)28(35,36)30(39,40)29(37,38)27(25,33)34/h4-7,10,13-14,17H,8-9,11-12H2,1-3H3/q+1. The minimum Gasteiger partial charge on any atom is -0.437 e. The fourth-order valence-corrected chi connectivity index (χ4v) is 6.78. The molecule has 3 heterocycles. The molecule has 2 fully saturated rings. The summed E-state index contributed by atoms with van der Waals surface area (Å²) in [6, 6.07) is 10.7. The van der Waals surface area contributed by atoms with E-state index in [2.05, 4.69) is 4.98 Å². The van der Waals surface area contributed by atoms with E-state index in [9.17, 15) is 43.9 Å². The fourth-order valence-electron chi connectivity index (χ4n) is 6.78. The van der Waals surface area contributed by atoms with Crippen molar-refractivity contribution in [2.75, 3.05) is 0 Å². The molecule has 0 amide bonds. The topological polar surface area (TPSA) is 29.9 Å². The molecule has 2 aliphatic carbocycles. The largest absolute Gasteiger partial charge is 0.437 e. The van der Waals surface area contributed by atoms with Crippen molar-refractivity contribution in [1.29, 1.82) is 0 Å². The Labute approximate surface area is 238 Å². The summed E-state index contributed by atoms with van der Waals surface area (Å²) in [4.78, 5) is 4.44. The smallest absolute Gasteiger partial charge is 0.384 e. The minimum atomic E-state index is -6.96. The average Bonchev–Trinajstić information content (AvgIpc) is 3.30. The van der Waals surface area contributed by atoms with E-state index in [1.54, 1.807) is 29.9 Å². The highest BCUT2D eigenvalue weighted by Crippen LogP contribution is 2.75. The lowest BCUT2D eigenvalue weighted by Crippen LogP contribution is -2.82. The van der Waals surface area contributed by atoms with Crippen molar-refractivity contribution >= 4 is 22.1 Å². The molecule has 3 nitrogen and oxygen atoms in total. The summed E-state index contributed by atoms with van der Waals surface area (Å²) in [6.45, 7) is 3.64. The van der Waals surface area contributed by atoms with Gasteiger partial charge in [-0.3, -0.25) is 0 Å². The van der Waals surface area contributed by atoms with Crippen LogP contribution in [-0.2, 0) is 7.05 Å². The van der Waals surface area contributed by atoms with E-state index in [-0.39, 0.29) is 0 Å². The normalized spacial score (nSPS) is 23.7. The molecular weight excluding hydrogens is 594 g/mol. The molecule has 2 saturated carbocycles. The first-order valence-electron chi connectivity index (χ1n) is 13.5. The molecule has 0 N–H and O–H groups in total. The first-order chi connectivity index (χ1) is 19.8. The van der Waals surface area contributed by atoms with Crippen LogP contribution in [0.25, 0.3) is 33.3 Å². The van der Waals surface area contributed by atoms with Crippen molar-refractivity contribution < 1.29 is 52.9 Å². The highest BCUT2D eigenvalue weighted by atomic mass is 19.4. The molecule has 13 heteroatoms. The zero-order valence-electron chi connectivity index (χ0n) is 23.0. The number of alkyl halides is 10. The van der Waals surface area contributed by atoms with Crippen LogP contribution in [0.3, 0.4) is 0 Å². The Hall–Kier alpha value is -3.38. The van der Waals surface area contributed by atoms with Gasteiger partial charge in [0.25, 0.3) is 0 Å². The number of rotatable bonds is 2. The van der Waals surface area contributed by atoms with Crippen LogP contribution in [0.4, 0.5) is 43.9 Å². The molecule has 0 bridgehead atoms. The van der Waals surface area contributed by atoms with Crippen molar-refractivity contribution in [3.05, 3.63) is 59.4 Å². The summed E-state index contributed by atoms with van der Waals surface area (Å²) in [5.41, 5.74) is -0.210. The van der Waals surface area contributed by atoms with Crippen molar-refractivity contribution in [1.82, 2.24) is 4.98 Å². The molecule has 3 aromatic heterocycles. The Bertz CT molecular complexity index is 1740. The summed E-state index contributed by atoms with van der Waals surface area (Å²) in [5, 5.41) is 1.54. The van der Waals surface area contributed by atoms with E-state index in [0.29, 0.717) is 28.1 Å². The first kappa shape index (κ1) is 29.7. The maximum Gasteiger partial charge on any atom is 0.384 e. The van der Waals surface area contributed by atoms with Gasteiger partial charge in [0.2, 0.25) is 11.4 Å². The van der Waals surface area contributed by atoms with Crippen LogP contribution in [-0.4, -0.2) is 34.6 Å². The van der Waals surface area contributed by atoms with Crippen LogP contribution in [0.5, 0.6) is 0 Å². The number of nitrogens with zero attached hydrogens (tertiary/aromatic N) is 2. The number of hydrogen-bond acceptors (Lipinski definition) is 2. The summed E-state index contributed by atoms with van der Waals surface area (Å²) >= 11 is 0. The Morgan fingerprint density at radius 3 is 1.91 bits per heavy atom. The Morgan fingerprint density at radius 1 is 0.744 bits per heavy atom. The lowest BCUT2D eigenvalue weighted by Gasteiger charge is -2.58. The maximum atomic E-state index is 15.0. The molecule has 0 saturated heterocycles. The maximum absolute atomic E-state index is 15.0. The van der Waals surface area contributed by atoms with Crippen LogP contribution < -0.4 is 4.57 Å². The monoisotopic (exact) mass is 619 g/mol. The van der Waals surface area contributed by atoms with E-state index in [4.69, 9.17) is 4.42 Å². The van der Waals surface area contributed by atoms with Gasteiger partial charge in [-0.25, -0.2) is 9.55 Å². The van der Waals surface area contributed by atoms with E-state index < -0.39 is 66.6 Å². The van der Waals surface area contributed by atoms with E-state index in [0.717, 1.165) is 22.0 Å². The third kappa shape index (κ3) is 3.50. The van der Waals surface area contributed by atoms with E-state index in [1.165, 1.54) is 0 Å². The Morgan fingerprint density at radius 2 is 1.30 bits per heavy atom. The van der Waals surface area contributed by atoms with Crippen molar-refractivity contribution in [2.24, 2.45) is 12.5 Å². The minimum absolute atomic E-state index is 0.409. The molecule has 0 unspecified atom stereocenters. The van der Waals surface area contributed by atoms with Gasteiger partial charge >= 0.3 is 29.6 Å². The molecule has 0 aliphatic heterocycles. The van der Waals surface area contributed by atoms with Gasteiger partial charge in [0.1, 0.15) is 12.5 Å². The fraction of sp³-hybridized carbons (Fsp3) is 0.467. The molecule has 43 heavy (non-hydrogen) atoms. The molecule has 1 spiro atoms. The molecule has 0 radical (unpaired) electrons. The number of aryl methyl sites for hydroxylation is 3. The predicted octanol–water partition coefficient (Wildman–Crippen LogP) is 8.92. The number of fused-ring (bicyclic) bond motifs is 3. The van der Waals surface area contributed by atoms with Gasteiger partial charge in [-0.1, -0.05) is 12.1 Å². The second-order valence-electron chi connectivity index (χ2n) is 11.7. The van der Waals surface area contributed by atoms with Gasteiger partial charge in [0, 0.05) is 28.6 Å². The molecular formula is C30H25F10N2O+. The molecule has 0 atom stereocenters. The number of aromatic nitrogens is 2. The first-order valence-corrected chi connectivity index (χ1v) is 13.5. The Kier molecular flexibility index (Phi) is 6.10. The number of hydrogen-bond donors (Lipinski definition) is 0. The molecule has 230 valence electrons. The van der Waals surface area contributed by atoms with Gasteiger partial charge in [-0.15, -0.1) is 0 Å². The summed E-state index contributed by atoms with van der Waals surface area (Å²) in [6.07, 6.45) is -2.66. The number of halogens is 10. The van der Waals surface area contributed by atoms with Crippen molar-refractivity contribution in [3.63, 3.8) is 0 Å². The van der Waals surface area contributed by atoms with Crippen LogP contribution in [0, 0.1) is 19.3 Å². The zero-order chi connectivity index (χ0) is 31.5. The summed E-state index contributed by atoms with van der Waals surface area (Å²) in [7, 11) is 1.73. The SMILES string of the molecule is Cc1ccc2c(n1)oc1c(-c3cc(C4CCC5(CC4)C(F)(F)C(F)(F)C(F)(F)C(F)(F)C5(F)F)cc[n+]3C)c(C)ccc12. The average molecular weight is 620 g/mol. The second kappa shape index (κ2) is 8.84.